The summed E-state index contributed by atoms with van der Waals surface area (Å²) in [4.78, 5) is 26.7. The van der Waals surface area contributed by atoms with E-state index in [9.17, 15) is 10.1 Å². The molecule has 0 spiro atoms. The van der Waals surface area contributed by atoms with Gasteiger partial charge in [-0.15, -0.1) is 11.3 Å². The molecule has 1 amide bonds. The number of piperazine rings is 1. The minimum atomic E-state index is -0.0441. The molecule has 1 fully saturated rings. The Morgan fingerprint density at radius 2 is 1.89 bits per heavy atom. The van der Waals surface area contributed by atoms with Crippen LogP contribution >= 0.6 is 11.3 Å². The molecule has 2 aliphatic rings. The summed E-state index contributed by atoms with van der Waals surface area (Å²) < 4.78 is 0. The lowest BCUT2D eigenvalue weighted by Gasteiger charge is -2.34. The Morgan fingerprint density at radius 3 is 2.64 bits per heavy atom. The minimum Gasteiger partial charge on any atom is -0.338 e. The molecule has 8 heteroatoms. The molecular weight excluding hydrogens is 372 g/mol. The molecule has 0 atom stereocenters. The van der Waals surface area contributed by atoms with Crippen molar-refractivity contribution in [2.75, 3.05) is 42.9 Å². The van der Waals surface area contributed by atoms with Crippen LogP contribution in [-0.4, -0.2) is 53.5 Å². The second-order valence-electron chi connectivity index (χ2n) is 7.24. The summed E-state index contributed by atoms with van der Waals surface area (Å²) in [7, 11) is 0. The van der Waals surface area contributed by atoms with Crippen LogP contribution in [0.1, 0.15) is 35.3 Å². The quantitative estimate of drug-likeness (QED) is 0.799. The monoisotopic (exact) mass is 396 g/mol. The van der Waals surface area contributed by atoms with Crippen LogP contribution in [-0.2, 0) is 17.6 Å². The topological polar surface area (TPSA) is 85.2 Å². The molecule has 0 saturated carbocycles. The third-order valence-corrected chi connectivity index (χ3v) is 6.57. The molecule has 7 nitrogen and oxygen atoms in total. The second kappa shape index (κ2) is 8.67. The number of fused-ring (bicyclic) bond motifs is 1. The van der Waals surface area contributed by atoms with E-state index in [0.717, 1.165) is 62.0 Å². The molecule has 2 aromatic heterocycles. The number of aryl methyl sites for hydroxylation is 1. The van der Waals surface area contributed by atoms with E-state index in [1.807, 2.05) is 6.07 Å². The summed E-state index contributed by atoms with van der Waals surface area (Å²) in [6.45, 7) is 3.52. The van der Waals surface area contributed by atoms with Crippen LogP contribution in [0.15, 0.2) is 18.5 Å². The van der Waals surface area contributed by atoms with E-state index in [4.69, 9.17) is 0 Å². The highest BCUT2D eigenvalue weighted by Crippen LogP contribution is 2.36. The van der Waals surface area contributed by atoms with E-state index < -0.39 is 0 Å². The number of anilines is 2. The van der Waals surface area contributed by atoms with Crippen molar-refractivity contribution in [2.45, 2.75) is 32.1 Å². The molecule has 0 unspecified atom stereocenters. The van der Waals surface area contributed by atoms with Gasteiger partial charge >= 0.3 is 0 Å². The fraction of sp³-hybridized carbons (Fsp3) is 0.500. The zero-order valence-electron chi connectivity index (χ0n) is 15.9. The Morgan fingerprint density at radius 1 is 1.14 bits per heavy atom. The highest BCUT2D eigenvalue weighted by molar-refractivity contribution is 7.16. The molecule has 2 aromatic rings. The van der Waals surface area contributed by atoms with Crippen molar-refractivity contribution in [2.24, 2.45) is 0 Å². The Bertz CT molecular complexity index is 867. The average molecular weight is 397 g/mol. The summed E-state index contributed by atoms with van der Waals surface area (Å²) in [5.74, 6) is 0.697. The first kappa shape index (κ1) is 18.8. The van der Waals surface area contributed by atoms with E-state index in [-0.39, 0.29) is 5.91 Å². The normalized spacial score (nSPS) is 17.5. The third-order valence-electron chi connectivity index (χ3n) is 5.36. The number of amides is 1. The maximum atomic E-state index is 12.6. The van der Waals surface area contributed by atoms with Gasteiger partial charge in [0.1, 0.15) is 11.1 Å². The molecule has 0 radical (unpaired) electrons. The predicted octanol–water partition coefficient (Wildman–Crippen LogP) is 2.44. The van der Waals surface area contributed by atoms with Crippen molar-refractivity contribution < 1.29 is 4.79 Å². The molecule has 28 heavy (non-hydrogen) atoms. The molecule has 4 rings (SSSR count). The van der Waals surface area contributed by atoms with Gasteiger partial charge in [0.15, 0.2) is 0 Å². The van der Waals surface area contributed by atoms with Crippen molar-refractivity contribution >= 4 is 28.2 Å². The molecule has 0 aromatic carbocycles. The summed E-state index contributed by atoms with van der Waals surface area (Å²) in [5.41, 5.74) is 1.85. The SMILES string of the molecule is N#Cc1c(NC(=O)CN2CCN(c3ncccn3)CC2)sc2c1CCCCC2. The van der Waals surface area contributed by atoms with Gasteiger partial charge in [0.2, 0.25) is 11.9 Å². The number of carbonyl (C=O) groups is 1. The maximum absolute atomic E-state index is 12.6. The van der Waals surface area contributed by atoms with Crippen LogP contribution in [0.25, 0.3) is 0 Å². The molecule has 146 valence electrons. The summed E-state index contributed by atoms with van der Waals surface area (Å²) in [5, 5.41) is 13.3. The molecule has 3 heterocycles. The van der Waals surface area contributed by atoms with Crippen LogP contribution < -0.4 is 10.2 Å². The molecule has 1 aliphatic heterocycles. The predicted molar refractivity (Wildman–Crippen MR) is 110 cm³/mol. The summed E-state index contributed by atoms with van der Waals surface area (Å²) in [6, 6.07) is 4.14. The standard InChI is InChI=1S/C20H24N6OS/c21-13-16-15-5-2-1-3-6-17(15)28-19(16)24-18(27)14-25-9-11-26(12-10-25)20-22-7-4-8-23-20/h4,7-8H,1-3,5-6,9-12,14H2,(H,24,27). The Hall–Kier alpha value is -2.50. The smallest absolute Gasteiger partial charge is 0.239 e. The number of carbonyl (C=O) groups excluding carboxylic acids is 1. The van der Waals surface area contributed by atoms with Crippen molar-refractivity contribution in [3.05, 3.63) is 34.5 Å². The maximum Gasteiger partial charge on any atom is 0.239 e. The van der Waals surface area contributed by atoms with Crippen LogP contribution in [0.2, 0.25) is 0 Å². The van der Waals surface area contributed by atoms with Crippen molar-refractivity contribution in [3.8, 4) is 6.07 Å². The highest BCUT2D eigenvalue weighted by atomic mass is 32.1. The number of hydrogen-bond acceptors (Lipinski definition) is 7. The fourth-order valence-electron chi connectivity index (χ4n) is 3.88. The molecular formula is C20H24N6OS. The number of nitrogens with zero attached hydrogens (tertiary/aromatic N) is 5. The molecule has 1 aliphatic carbocycles. The second-order valence-corrected chi connectivity index (χ2v) is 8.35. The first-order valence-corrected chi connectivity index (χ1v) is 10.6. The van der Waals surface area contributed by atoms with Gasteiger partial charge in [-0.3, -0.25) is 9.69 Å². The van der Waals surface area contributed by atoms with Crippen LogP contribution in [0.4, 0.5) is 10.9 Å². The molecule has 0 bridgehead atoms. The van der Waals surface area contributed by atoms with Gasteiger partial charge in [-0.05, 0) is 37.3 Å². The largest absolute Gasteiger partial charge is 0.338 e. The molecule has 1 saturated heterocycles. The van der Waals surface area contributed by atoms with E-state index in [1.54, 1.807) is 23.7 Å². The Balaban J connectivity index is 1.34. The van der Waals surface area contributed by atoms with Gasteiger partial charge in [-0.25, -0.2) is 9.97 Å². The van der Waals surface area contributed by atoms with Gasteiger partial charge in [0.05, 0.1) is 12.1 Å². The Kier molecular flexibility index (Phi) is 5.84. The number of hydrogen-bond donors (Lipinski definition) is 1. The first-order chi connectivity index (χ1) is 13.7. The van der Waals surface area contributed by atoms with E-state index >= 15 is 0 Å². The highest BCUT2D eigenvalue weighted by Gasteiger charge is 2.23. The zero-order chi connectivity index (χ0) is 19.3. The number of thiophene rings is 1. The van der Waals surface area contributed by atoms with E-state index in [1.165, 1.54) is 17.7 Å². The van der Waals surface area contributed by atoms with Gasteiger partial charge < -0.3 is 10.2 Å². The molecule has 1 N–H and O–H groups in total. The van der Waals surface area contributed by atoms with Crippen molar-refractivity contribution in [3.63, 3.8) is 0 Å². The minimum absolute atomic E-state index is 0.0441. The Labute approximate surface area is 169 Å². The fourth-order valence-corrected chi connectivity index (χ4v) is 5.13. The van der Waals surface area contributed by atoms with Crippen molar-refractivity contribution in [1.82, 2.24) is 14.9 Å². The van der Waals surface area contributed by atoms with Crippen LogP contribution in [0, 0.1) is 11.3 Å². The summed E-state index contributed by atoms with van der Waals surface area (Å²) >= 11 is 1.59. The number of aromatic nitrogens is 2. The van der Waals surface area contributed by atoms with Gasteiger partial charge in [-0.2, -0.15) is 5.26 Å². The average Bonchev–Trinajstić information content (AvgIpc) is 2.88. The lowest BCUT2D eigenvalue weighted by Crippen LogP contribution is -2.49. The van der Waals surface area contributed by atoms with E-state index in [2.05, 4.69) is 31.2 Å². The lowest BCUT2D eigenvalue weighted by molar-refractivity contribution is -0.117. The van der Waals surface area contributed by atoms with Gasteiger partial charge in [0, 0.05) is 43.4 Å². The van der Waals surface area contributed by atoms with Crippen LogP contribution in [0.5, 0.6) is 0 Å². The van der Waals surface area contributed by atoms with E-state index in [0.29, 0.717) is 12.1 Å². The lowest BCUT2D eigenvalue weighted by atomic mass is 10.1. The van der Waals surface area contributed by atoms with Crippen LogP contribution in [0.3, 0.4) is 0 Å². The van der Waals surface area contributed by atoms with Gasteiger partial charge in [0.25, 0.3) is 0 Å². The van der Waals surface area contributed by atoms with Gasteiger partial charge in [-0.1, -0.05) is 6.42 Å². The third kappa shape index (κ3) is 4.16. The zero-order valence-corrected chi connectivity index (χ0v) is 16.7. The first-order valence-electron chi connectivity index (χ1n) is 9.83. The van der Waals surface area contributed by atoms with Crippen molar-refractivity contribution in [1.29, 1.82) is 5.26 Å². The summed E-state index contributed by atoms with van der Waals surface area (Å²) in [6.07, 6.45) is 8.98. The number of nitrogens with one attached hydrogen (secondary N) is 1. The number of nitriles is 1. The number of rotatable bonds is 4.